The SMILES string of the molecule is CC/C=C\C/C=C\C/C=C\C/C=C\C/C=C\CCCCCC(=O)O[C@H](COC(=O)CCCCCCCC(=O)/C=C/C=C\CCCCC)COP(=O)([O-])OCC[N+](C)(C)C. The lowest BCUT2D eigenvalue weighted by Gasteiger charge is -2.28. The Labute approximate surface area is 358 Å². The van der Waals surface area contributed by atoms with Crippen LogP contribution in [0.15, 0.2) is 85.1 Å². The first kappa shape index (κ1) is 55.9. The summed E-state index contributed by atoms with van der Waals surface area (Å²) in [5.74, 6) is -0.856. The molecule has 2 atom stereocenters. The average molecular weight is 846 g/mol. The van der Waals surface area contributed by atoms with Gasteiger partial charge in [0.2, 0.25) is 0 Å². The van der Waals surface area contributed by atoms with Gasteiger partial charge in [0.1, 0.15) is 19.8 Å². The second kappa shape index (κ2) is 39.0. The Morgan fingerprint density at radius 1 is 0.593 bits per heavy atom. The van der Waals surface area contributed by atoms with Crippen molar-refractivity contribution in [3.05, 3.63) is 85.1 Å². The number of hydrogen-bond donors (Lipinski definition) is 0. The van der Waals surface area contributed by atoms with Crippen molar-refractivity contribution in [3.8, 4) is 0 Å². The summed E-state index contributed by atoms with van der Waals surface area (Å²) in [7, 11) is 1.06. The summed E-state index contributed by atoms with van der Waals surface area (Å²) in [6.07, 6.45) is 45.7. The van der Waals surface area contributed by atoms with E-state index in [0.29, 0.717) is 30.3 Å². The number of carbonyl (C=O) groups is 3. The lowest BCUT2D eigenvalue weighted by Crippen LogP contribution is -2.37. The van der Waals surface area contributed by atoms with E-state index < -0.39 is 32.5 Å². The van der Waals surface area contributed by atoms with E-state index in [4.69, 9.17) is 18.5 Å². The highest BCUT2D eigenvalue weighted by molar-refractivity contribution is 7.45. The van der Waals surface area contributed by atoms with E-state index in [1.165, 1.54) is 19.3 Å². The van der Waals surface area contributed by atoms with Crippen molar-refractivity contribution in [2.75, 3.05) is 47.5 Å². The van der Waals surface area contributed by atoms with Gasteiger partial charge in [-0.1, -0.05) is 131 Å². The molecule has 0 spiro atoms. The van der Waals surface area contributed by atoms with Crippen LogP contribution in [-0.2, 0) is 37.5 Å². The number of esters is 2. The summed E-state index contributed by atoms with van der Waals surface area (Å²) >= 11 is 0. The third kappa shape index (κ3) is 42.8. The van der Waals surface area contributed by atoms with E-state index in [9.17, 15) is 23.8 Å². The summed E-state index contributed by atoms with van der Waals surface area (Å²) in [6, 6.07) is 0. The van der Waals surface area contributed by atoms with Crippen LogP contribution in [0.3, 0.4) is 0 Å². The molecule has 0 aromatic rings. The van der Waals surface area contributed by atoms with Crippen LogP contribution in [0.5, 0.6) is 0 Å². The summed E-state index contributed by atoms with van der Waals surface area (Å²) in [6.45, 7) is 3.86. The number of phosphoric acid groups is 1. The maximum atomic E-state index is 12.7. The number of unbranched alkanes of at least 4 members (excludes halogenated alkanes) is 10. The minimum Gasteiger partial charge on any atom is -0.756 e. The molecule has 0 aromatic carbocycles. The number of ether oxygens (including phenoxy) is 2. The van der Waals surface area contributed by atoms with Gasteiger partial charge < -0.3 is 27.9 Å². The summed E-state index contributed by atoms with van der Waals surface area (Å²) < 4.78 is 33.8. The van der Waals surface area contributed by atoms with Gasteiger partial charge >= 0.3 is 11.9 Å². The molecule has 0 heterocycles. The molecule has 11 heteroatoms. The zero-order chi connectivity index (χ0) is 43.7. The van der Waals surface area contributed by atoms with Gasteiger partial charge in [-0.05, 0) is 83.1 Å². The van der Waals surface area contributed by atoms with Gasteiger partial charge in [0.05, 0.1) is 27.7 Å². The first-order valence-electron chi connectivity index (χ1n) is 22.2. The average Bonchev–Trinajstić information content (AvgIpc) is 3.18. The monoisotopic (exact) mass is 846 g/mol. The molecule has 0 aliphatic rings. The quantitative estimate of drug-likeness (QED) is 0.0113. The molecule has 0 aliphatic heterocycles. The minimum atomic E-state index is -4.67. The Morgan fingerprint density at radius 2 is 1.12 bits per heavy atom. The molecule has 1 unspecified atom stereocenters. The van der Waals surface area contributed by atoms with Crippen molar-refractivity contribution in [2.45, 2.75) is 155 Å². The van der Waals surface area contributed by atoms with Crippen molar-refractivity contribution in [1.82, 2.24) is 0 Å². The van der Waals surface area contributed by atoms with E-state index >= 15 is 0 Å². The number of quaternary nitrogens is 1. The van der Waals surface area contributed by atoms with Gasteiger partial charge in [-0.2, -0.15) is 0 Å². The fourth-order valence-corrected chi connectivity index (χ4v) is 6.09. The van der Waals surface area contributed by atoms with Gasteiger partial charge in [0, 0.05) is 19.3 Å². The molecule has 0 N–H and O–H groups in total. The Hall–Kier alpha value is -3.14. The predicted octanol–water partition coefficient (Wildman–Crippen LogP) is 11.3. The standard InChI is InChI=1S/C48H80NO9P/c1-6-8-10-12-14-15-16-17-18-19-20-21-22-23-24-25-27-31-36-40-48(52)58-46(44-57-59(53,54)56-42-41-49(3,4)5)43-55-47(51)39-35-32-28-30-34-38-45(50)37-33-29-26-13-11-9-7-2/h8,10,14-15,17-18,20-21,23-24,26,29,33,37,46H,6-7,9,11-13,16,19,22,25,27-28,30-32,34-36,38-44H2,1-5H3/b10-8-,15-14-,18-17-,21-20-,24-23-,29-26-,37-33+/t46-/m1/s1. The van der Waals surface area contributed by atoms with Crippen molar-refractivity contribution in [3.63, 3.8) is 0 Å². The van der Waals surface area contributed by atoms with Crippen LogP contribution in [-0.4, -0.2) is 75.8 Å². The van der Waals surface area contributed by atoms with Crippen LogP contribution in [0, 0.1) is 0 Å². The molecule has 0 saturated carbocycles. The molecular weight excluding hydrogens is 766 g/mol. The summed E-state index contributed by atoms with van der Waals surface area (Å²) in [5, 5.41) is 0. The Kier molecular flexibility index (Phi) is 36.9. The third-order valence-electron chi connectivity index (χ3n) is 8.88. The third-order valence-corrected chi connectivity index (χ3v) is 9.84. The van der Waals surface area contributed by atoms with Crippen LogP contribution < -0.4 is 4.89 Å². The number of phosphoric ester groups is 1. The normalized spacial score (nSPS) is 14.3. The first-order valence-corrected chi connectivity index (χ1v) is 23.7. The van der Waals surface area contributed by atoms with Crippen LogP contribution in [0.4, 0.5) is 0 Å². The maximum Gasteiger partial charge on any atom is 0.306 e. The number of allylic oxidation sites excluding steroid dienone is 14. The van der Waals surface area contributed by atoms with Crippen molar-refractivity contribution >= 4 is 25.5 Å². The lowest BCUT2D eigenvalue weighted by atomic mass is 10.1. The zero-order valence-electron chi connectivity index (χ0n) is 37.4. The number of carbonyl (C=O) groups excluding carboxylic acids is 3. The predicted molar refractivity (Wildman–Crippen MR) is 241 cm³/mol. The summed E-state index contributed by atoms with van der Waals surface area (Å²) in [5.41, 5.74) is 0. The lowest BCUT2D eigenvalue weighted by molar-refractivity contribution is -0.870. The van der Waals surface area contributed by atoms with Gasteiger partial charge in [0.15, 0.2) is 11.9 Å². The Balaban J connectivity index is 4.52. The van der Waals surface area contributed by atoms with Crippen LogP contribution >= 0.6 is 7.82 Å². The molecule has 59 heavy (non-hydrogen) atoms. The van der Waals surface area contributed by atoms with E-state index in [0.717, 1.165) is 83.5 Å². The highest BCUT2D eigenvalue weighted by atomic mass is 31.2. The van der Waals surface area contributed by atoms with Crippen LogP contribution in [0.25, 0.3) is 0 Å². The maximum absolute atomic E-state index is 12.7. The second-order valence-electron chi connectivity index (χ2n) is 15.7. The molecule has 0 fully saturated rings. The number of likely N-dealkylation sites (N-methyl/N-ethyl adjacent to an activating group) is 1. The highest BCUT2D eigenvalue weighted by Gasteiger charge is 2.21. The minimum absolute atomic E-state index is 0.0620. The molecule has 0 aromatic heterocycles. The molecule has 0 radical (unpaired) electrons. The van der Waals surface area contributed by atoms with E-state index in [-0.39, 0.29) is 31.8 Å². The van der Waals surface area contributed by atoms with Gasteiger partial charge in [-0.3, -0.25) is 18.9 Å². The molecule has 0 aliphatic carbocycles. The highest BCUT2D eigenvalue weighted by Crippen LogP contribution is 2.38. The van der Waals surface area contributed by atoms with Gasteiger partial charge in [-0.25, -0.2) is 0 Å². The van der Waals surface area contributed by atoms with E-state index in [1.54, 1.807) is 6.08 Å². The summed E-state index contributed by atoms with van der Waals surface area (Å²) in [4.78, 5) is 49.6. The van der Waals surface area contributed by atoms with Crippen molar-refractivity contribution in [1.29, 1.82) is 0 Å². The van der Waals surface area contributed by atoms with Crippen LogP contribution in [0.2, 0.25) is 0 Å². The molecule has 336 valence electrons. The number of rotatable bonds is 39. The molecule has 0 bridgehead atoms. The fraction of sp³-hybridized carbons (Fsp3) is 0.646. The van der Waals surface area contributed by atoms with Gasteiger partial charge in [-0.15, -0.1) is 0 Å². The topological polar surface area (TPSA) is 128 Å². The molecular formula is C48H80NO9P. The van der Waals surface area contributed by atoms with E-state index in [1.807, 2.05) is 33.3 Å². The molecule has 0 rings (SSSR count). The second-order valence-corrected chi connectivity index (χ2v) is 17.1. The first-order chi connectivity index (χ1) is 28.4. The van der Waals surface area contributed by atoms with E-state index in [2.05, 4.69) is 80.7 Å². The number of ketones is 1. The largest absolute Gasteiger partial charge is 0.756 e. The van der Waals surface area contributed by atoms with Crippen molar-refractivity contribution in [2.24, 2.45) is 0 Å². The smallest absolute Gasteiger partial charge is 0.306 e. The number of hydrogen-bond acceptors (Lipinski definition) is 9. The van der Waals surface area contributed by atoms with Crippen LogP contribution in [0.1, 0.15) is 149 Å². The zero-order valence-corrected chi connectivity index (χ0v) is 38.3. The molecule has 0 amide bonds. The number of nitrogens with zero attached hydrogens (tertiary/aromatic N) is 1. The molecule has 10 nitrogen and oxygen atoms in total. The van der Waals surface area contributed by atoms with Gasteiger partial charge in [0.25, 0.3) is 7.82 Å². The Morgan fingerprint density at radius 3 is 1.73 bits per heavy atom. The molecule has 0 saturated heterocycles. The fourth-order valence-electron chi connectivity index (χ4n) is 5.37. The Bertz CT molecular complexity index is 1340. The van der Waals surface area contributed by atoms with Crippen molar-refractivity contribution < 1.29 is 46.8 Å².